The van der Waals surface area contributed by atoms with Gasteiger partial charge in [-0.25, -0.2) is 4.39 Å². The largest absolute Gasteiger partial charge is 0.382 e. The summed E-state index contributed by atoms with van der Waals surface area (Å²) in [4.78, 5) is 11.9. The molecule has 0 aliphatic heterocycles. The Morgan fingerprint density at radius 2 is 1.91 bits per heavy atom. The summed E-state index contributed by atoms with van der Waals surface area (Å²) in [5, 5.41) is 10.0. The predicted molar refractivity (Wildman–Crippen MR) is 83.3 cm³/mol. The van der Waals surface area contributed by atoms with Crippen molar-refractivity contribution in [2.24, 2.45) is 11.7 Å². The third kappa shape index (κ3) is 4.96. The summed E-state index contributed by atoms with van der Waals surface area (Å²) in [7, 11) is 0. The molecule has 5 N–H and O–H groups in total. The zero-order valence-electron chi connectivity index (χ0n) is 12.6. The van der Waals surface area contributed by atoms with Gasteiger partial charge in [0.15, 0.2) is 0 Å². The van der Waals surface area contributed by atoms with Crippen LogP contribution in [0.4, 0.5) is 10.1 Å². The highest BCUT2D eigenvalue weighted by Crippen LogP contribution is 2.27. The average molecular weight is 309 g/mol. The van der Waals surface area contributed by atoms with Crippen LogP contribution >= 0.6 is 0 Å². The van der Waals surface area contributed by atoms with Gasteiger partial charge in [-0.15, -0.1) is 0 Å². The van der Waals surface area contributed by atoms with Gasteiger partial charge in [-0.2, -0.15) is 0 Å². The number of aliphatic hydroxyl groups is 1. The van der Waals surface area contributed by atoms with Crippen LogP contribution in [0.15, 0.2) is 24.3 Å². The summed E-state index contributed by atoms with van der Waals surface area (Å²) in [6, 6.07) is 4.96. The Labute approximate surface area is 130 Å². The SMILES string of the molecule is N[C@H](CC1CCCCC1)C(O)C(=O)NNc1ccc(F)cc1. The van der Waals surface area contributed by atoms with Gasteiger partial charge in [0.1, 0.15) is 11.9 Å². The first kappa shape index (κ1) is 16.7. The molecule has 0 saturated heterocycles. The van der Waals surface area contributed by atoms with Crippen LogP contribution < -0.4 is 16.6 Å². The lowest BCUT2D eigenvalue weighted by molar-refractivity contribution is -0.130. The highest BCUT2D eigenvalue weighted by atomic mass is 19.1. The molecule has 1 aromatic rings. The summed E-state index contributed by atoms with van der Waals surface area (Å²) < 4.78 is 12.8. The van der Waals surface area contributed by atoms with Crippen LogP contribution in [0, 0.1) is 11.7 Å². The Bertz CT molecular complexity index is 475. The van der Waals surface area contributed by atoms with Gasteiger partial charge in [0, 0.05) is 6.04 Å². The predicted octanol–water partition coefficient (Wildman–Crippen LogP) is 1.93. The standard InChI is InChI=1S/C16H24FN3O2/c17-12-6-8-13(9-7-12)19-20-16(22)15(21)14(18)10-11-4-2-1-3-5-11/h6-9,11,14-15,19,21H,1-5,10,18H2,(H,20,22)/t14-,15?/m1/s1. The van der Waals surface area contributed by atoms with Gasteiger partial charge in [0.2, 0.25) is 0 Å². The normalized spacial score (nSPS) is 18.5. The topological polar surface area (TPSA) is 87.4 Å². The van der Waals surface area contributed by atoms with Gasteiger partial charge in [-0.3, -0.25) is 15.6 Å². The Balaban J connectivity index is 1.76. The summed E-state index contributed by atoms with van der Waals surface area (Å²) in [5.41, 5.74) is 11.5. The van der Waals surface area contributed by atoms with Crippen LogP contribution in [-0.4, -0.2) is 23.2 Å². The lowest BCUT2D eigenvalue weighted by Gasteiger charge is -2.26. The fraction of sp³-hybridized carbons (Fsp3) is 0.562. The zero-order valence-corrected chi connectivity index (χ0v) is 12.6. The molecule has 0 heterocycles. The number of hydrazine groups is 1. The van der Waals surface area contributed by atoms with E-state index in [1.807, 2.05) is 0 Å². The van der Waals surface area contributed by atoms with Crippen molar-refractivity contribution in [2.45, 2.75) is 50.7 Å². The zero-order chi connectivity index (χ0) is 15.9. The number of carbonyl (C=O) groups is 1. The minimum atomic E-state index is -1.25. The molecule has 1 amide bonds. The minimum Gasteiger partial charge on any atom is -0.382 e. The molecule has 2 atom stereocenters. The number of rotatable bonds is 6. The van der Waals surface area contributed by atoms with E-state index in [1.165, 1.54) is 43.5 Å². The highest BCUT2D eigenvalue weighted by molar-refractivity contribution is 5.82. The first-order chi connectivity index (χ1) is 10.6. The number of hydrogen-bond donors (Lipinski definition) is 4. The maximum absolute atomic E-state index is 12.8. The summed E-state index contributed by atoms with van der Waals surface area (Å²) in [5.74, 6) is -0.435. The molecule has 0 spiro atoms. The van der Waals surface area contributed by atoms with Gasteiger partial charge < -0.3 is 10.8 Å². The smallest absolute Gasteiger partial charge is 0.268 e. The highest BCUT2D eigenvalue weighted by Gasteiger charge is 2.26. The summed E-state index contributed by atoms with van der Waals surface area (Å²) in [6.07, 6.45) is 5.31. The first-order valence-corrected chi connectivity index (χ1v) is 7.81. The van der Waals surface area contributed by atoms with Crippen LogP contribution in [0.3, 0.4) is 0 Å². The van der Waals surface area contributed by atoms with Crippen LogP contribution in [0.25, 0.3) is 0 Å². The fourth-order valence-electron chi connectivity index (χ4n) is 2.87. The third-order valence-corrected chi connectivity index (χ3v) is 4.18. The Hall–Kier alpha value is -1.66. The lowest BCUT2D eigenvalue weighted by Crippen LogP contribution is -2.48. The van der Waals surface area contributed by atoms with Gasteiger partial charge in [-0.1, -0.05) is 32.1 Å². The second-order valence-corrected chi connectivity index (χ2v) is 5.97. The van der Waals surface area contributed by atoms with E-state index in [2.05, 4.69) is 10.9 Å². The molecule has 0 radical (unpaired) electrons. The number of nitrogens with one attached hydrogen (secondary N) is 2. The van der Waals surface area contributed by atoms with Crippen molar-refractivity contribution >= 4 is 11.6 Å². The molecule has 1 fully saturated rings. The summed E-state index contributed by atoms with van der Waals surface area (Å²) >= 11 is 0. The van der Waals surface area contributed by atoms with Crippen LogP contribution in [-0.2, 0) is 4.79 Å². The molecular formula is C16H24FN3O2. The van der Waals surface area contributed by atoms with E-state index >= 15 is 0 Å². The maximum Gasteiger partial charge on any atom is 0.268 e. The van der Waals surface area contributed by atoms with E-state index in [0.717, 1.165) is 12.8 Å². The van der Waals surface area contributed by atoms with Crippen molar-refractivity contribution in [1.82, 2.24) is 5.43 Å². The molecular weight excluding hydrogens is 285 g/mol. The van der Waals surface area contributed by atoms with Crippen LogP contribution in [0.1, 0.15) is 38.5 Å². The Kier molecular flexibility index (Phi) is 6.15. The number of amides is 1. The van der Waals surface area contributed by atoms with Crippen molar-refractivity contribution in [3.8, 4) is 0 Å². The van der Waals surface area contributed by atoms with E-state index in [1.54, 1.807) is 0 Å². The molecule has 1 aliphatic rings. The van der Waals surface area contributed by atoms with Crippen LogP contribution in [0.5, 0.6) is 0 Å². The second kappa shape index (κ2) is 8.10. The van der Waals surface area contributed by atoms with E-state index in [0.29, 0.717) is 18.0 Å². The molecule has 22 heavy (non-hydrogen) atoms. The summed E-state index contributed by atoms with van der Waals surface area (Å²) in [6.45, 7) is 0. The Morgan fingerprint density at radius 3 is 2.55 bits per heavy atom. The molecule has 6 heteroatoms. The van der Waals surface area contributed by atoms with E-state index in [4.69, 9.17) is 5.73 Å². The molecule has 1 saturated carbocycles. The molecule has 1 aliphatic carbocycles. The third-order valence-electron chi connectivity index (χ3n) is 4.18. The molecule has 2 rings (SSSR count). The second-order valence-electron chi connectivity index (χ2n) is 5.97. The van der Waals surface area contributed by atoms with Gasteiger partial charge in [-0.05, 0) is 36.6 Å². The number of anilines is 1. The number of benzene rings is 1. The number of carbonyl (C=O) groups excluding carboxylic acids is 1. The number of nitrogens with two attached hydrogens (primary N) is 1. The van der Waals surface area contributed by atoms with E-state index in [9.17, 15) is 14.3 Å². The molecule has 1 aromatic carbocycles. The van der Waals surface area contributed by atoms with Crippen molar-refractivity contribution in [3.05, 3.63) is 30.1 Å². The molecule has 5 nitrogen and oxygen atoms in total. The number of hydrogen-bond acceptors (Lipinski definition) is 4. The molecule has 0 aromatic heterocycles. The van der Waals surface area contributed by atoms with Gasteiger partial charge in [0.05, 0.1) is 5.69 Å². The van der Waals surface area contributed by atoms with E-state index < -0.39 is 18.1 Å². The van der Waals surface area contributed by atoms with E-state index in [-0.39, 0.29) is 5.82 Å². The Morgan fingerprint density at radius 1 is 1.27 bits per heavy atom. The number of aliphatic hydroxyl groups excluding tert-OH is 1. The molecule has 1 unspecified atom stereocenters. The van der Waals surface area contributed by atoms with Crippen molar-refractivity contribution in [3.63, 3.8) is 0 Å². The monoisotopic (exact) mass is 309 g/mol. The number of halogens is 1. The molecule has 0 bridgehead atoms. The van der Waals surface area contributed by atoms with Crippen LogP contribution in [0.2, 0.25) is 0 Å². The lowest BCUT2D eigenvalue weighted by atomic mass is 9.84. The van der Waals surface area contributed by atoms with Gasteiger partial charge in [0.25, 0.3) is 5.91 Å². The van der Waals surface area contributed by atoms with Crippen molar-refractivity contribution < 1.29 is 14.3 Å². The fourth-order valence-corrected chi connectivity index (χ4v) is 2.87. The van der Waals surface area contributed by atoms with Gasteiger partial charge >= 0.3 is 0 Å². The minimum absolute atomic E-state index is 0.355. The first-order valence-electron chi connectivity index (χ1n) is 7.81. The average Bonchev–Trinajstić information content (AvgIpc) is 2.54. The quantitative estimate of drug-likeness (QED) is 0.605. The molecule has 122 valence electrons. The van der Waals surface area contributed by atoms with Crippen molar-refractivity contribution in [2.75, 3.05) is 5.43 Å². The van der Waals surface area contributed by atoms with Crippen molar-refractivity contribution in [1.29, 1.82) is 0 Å². The maximum atomic E-state index is 12.8.